The van der Waals surface area contributed by atoms with Crippen LogP contribution in [0.15, 0.2) is 18.2 Å². The second kappa shape index (κ2) is 6.88. The van der Waals surface area contributed by atoms with Crippen LogP contribution in [0.5, 0.6) is 0 Å². The molecule has 0 unspecified atom stereocenters. The second-order valence-electron chi connectivity index (χ2n) is 6.58. The first-order chi connectivity index (χ1) is 11.5. The van der Waals surface area contributed by atoms with E-state index in [1.807, 2.05) is 17.9 Å². The molecule has 1 aromatic rings. The molecule has 128 valence electrons. The van der Waals surface area contributed by atoms with E-state index in [9.17, 15) is 9.18 Å². The first-order valence-electron chi connectivity index (χ1n) is 8.38. The van der Waals surface area contributed by atoms with Crippen molar-refractivity contribution >= 4 is 5.91 Å². The first-order valence-corrected chi connectivity index (χ1v) is 8.38. The summed E-state index contributed by atoms with van der Waals surface area (Å²) in [7, 11) is 0. The summed E-state index contributed by atoms with van der Waals surface area (Å²) in [5.74, 6) is -0.403. The summed E-state index contributed by atoms with van der Waals surface area (Å²) < 4.78 is 19.3. The number of amides is 1. The van der Waals surface area contributed by atoms with Crippen LogP contribution in [0.2, 0.25) is 0 Å². The highest BCUT2D eigenvalue weighted by atomic mass is 19.1. The third-order valence-corrected chi connectivity index (χ3v) is 5.04. The number of carbonyl (C=O) groups is 1. The van der Waals surface area contributed by atoms with Gasteiger partial charge in [0.2, 0.25) is 5.91 Å². The fraction of sp³-hybridized carbons (Fsp3) is 0.556. The third kappa shape index (κ3) is 3.42. The normalized spacial score (nSPS) is 21.0. The molecule has 0 saturated carbocycles. The van der Waals surface area contributed by atoms with Gasteiger partial charge < -0.3 is 9.64 Å². The van der Waals surface area contributed by atoms with E-state index in [0.717, 1.165) is 38.0 Å². The van der Waals surface area contributed by atoms with E-state index in [-0.39, 0.29) is 23.7 Å². The predicted molar refractivity (Wildman–Crippen MR) is 86.6 cm³/mol. The van der Waals surface area contributed by atoms with Gasteiger partial charge in [-0.05, 0) is 37.5 Å². The van der Waals surface area contributed by atoms with E-state index in [1.165, 1.54) is 6.07 Å². The highest BCUT2D eigenvalue weighted by molar-refractivity contribution is 5.78. The van der Waals surface area contributed by atoms with Crippen molar-refractivity contribution in [1.82, 2.24) is 9.80 Å². The molecule has 2 saturated heterocycles. The number of piperidine rings is 1. The van der Waals surface area contributed by atoms with E-state index < -0.39 is 5.82 Å². The Morgan fingerprint density at radius 1 is 1.38 bits per heavy atom. The van der Waals surface area contributed by atoms with E-state index in [4.69, 9.17) is 10.00 Å². The number of rotatable bonds is 3. The van der Waals surface area contributed by atoms with Crippen LogP contribution >= 0.6 is 0 Å². The second-order valence-corrected chi connectivity index (χ2v) is 6.58. The van der Waals surface area contributed by atoms with Gasteiger partial charge in [-0.3, -0.25) is 9.69 Å². The van der Waals surface area contributed by atoms with E-state index in [1.54, 1.807) is 12.1 Å². The lowest BCUT2D eigenvalue weighted by Crippen LogP contribution is -2.58. The van der Waals surface area contributed by atoms with E-state index >= 15 is 0 Å². The first kappa shape index (κ1) is 16.9. The number of morpholine rings is 1. The molecule has 0 aromatic heterocycles. The lowest BCUT2D eigenvalue weighted by atomic mass is 9.89. The molecule has 0 bridgehead atoms. The molecule has 2 fully saturated rings. The minimum atomic E-state index is -0.473. The lowest BCUT2D eigenvalue weighted by molar-refractivity contribution is -0.171. The fourth-order valence-electron chi connectivity index (χ4n) is 3.51. The van der Waals surface area contributed by atoms with Crippen LogP contribution in [0.25, 0.3) is 0 Å². The molecular formula is C18H22FN3O2. The number of nitrogens with zero attached hydrogens (tertiary/aromatic N) is 3. The molecule has 2 aliphatic heterocycles. The number of halogens is 1. The summed E-state index contributed by atoms with van der Waals surface area (Å²) in [4.78, 5) is 15.9. The smallest absolute Gasteiger partial charge is 0.248 e. The highest BCUT2D eigenvalue weighted by Crippen LogP contribution is 2.31. The van der Waals surface area contributed by atoms with Crippen molar-refractivity contribution in [2.24, 2.45) is 0 Å². The van der Waals surface area contributed by atoms with Gasteiger partial charge in [0.25, 0.3) is 0 Å². The minimum Gasteiger partial charge on any atom is -0.363 e. The summed E-state index contributed by atoms with van der Waals surface area (Å²) in [5.41, 5.74) is 0.814. The van der Waals surface area contributed by atoms with Gasteiger partial charge in [0.15, 0.2) is 0 Å². The van der Waals surface area contributed by atoms with Crippen LogP contribution in [0.3, 0.4) is 0 Å². The van der Waals surface area contributed by atoms with Gasteiger partial charge in [0, 0.05) is 32.7 Å². The molecule has 6 heteroatoms. The summed E-state index contributed by atoms with van der Waals surface area (Å²) in [6, 6.07) is 6.59. The summed E-state index contributed by atoms with van der Waals surface area (Å²) in [5, 5.41) is 8.93. The Morgan fingerprint density at radius 3 is 2.79 bits per heavy atom. The van der Waals surface area contributed by atoms with Crippen molar-refractivity contribution in [3.8, 4) is 6.07 Å². The molecule has 24 heavy (non-hydrogen) atoms. The maximum absolute atomic E-state index is 13.4. The number of benzene rings is 1. The number of hydrogen-bond acceptors (Lipinski definition) is 4. The fourth-order valence-corrected chi connectivity index (χ4v) is 3.51. The molecule has 2 aliphatic rings. The standard InChI is InChI=1S/C18H22FN3O2/c1-2-22-13-18(24-12-17(22)23)5-7-21(8-6-18)11-14-3-4-16(19)15(9-14)10-20/h3-4,9H,2,5-8,11-13H2,1H3. The van der Waals surface area contributed by atoms with Crippen molar-refractivity contribution < 1.29 is 13.9 Å². The van der Waals surface area contributed by atoms with Crippen molar-refractivity contribution in [2.75, 3.05) is 32.8 Å². The van der Waals surface area contributed by atoms with E-state index in [0.29, 0.717) is 13.1 Å². The number of likely N-dealkylation sites (tertiary alicyclic amines) is 1. The Kier molecular flexibility index (Phi) is 4.83. The van der Waals surface area contributed by atoms with Crippen LogP contribution < -0.4 is 0 Å². The van der Waals surface area contributed by atoms with Crippen LogP contribution in [0.4, 0.5) is 4.39 Å². The number of likely N-dealkylation sites (N-methyl/N-ethyl adjacent to an activating group) is 1. The van der Waals surface area contributed by atoms with Crippen LogP contribution in [-0.2, 0) is 16.1 Å². The van der Waals surface area contributed by atoms with Gasteiger partial charge in [0.05, 0.1) is 11.2 Å². The average molecular weight is 331 g/mol. The average Bonchev–Trinajstić information content (AvgIpc) is 2.61. The van der Waals surface area contributed by atoms with Crippen LogP contribution in [-0.4, -0.2) is 54.1 Å². The van der Waals surface area contributed by atoms with Crippen LogP contribution in [0, 0.1) is 17.1 Å². The highest BCUT2D eigenvalue weighted by Gasteiger charge is 2.41. The van der Waals surface area contributed by atoms with Crippen LogP contribution in [0.1, 0.15) is 30.9 Å². The monoisotopic (exact) mass is 331 g/mol. The molecule has 3 rings (SSSR count). The van der Waals surface area contributed by atoms with E-state index in [2.05, 4.69) is 4.90 Å². The van der Waals surface area contributed by atoms with Crippen molar-refractivity contribution in [2.45, 2.75) is 31.9 Å². The number of hydrogen-bond donors (Lipinski definition) is 0. The maximum atomic E-state index is 13.4. The largest absolute Gasteiger partial charge is 0.363 e. The molecule has 0 N–H and O–H groups in total. The Morgan fingerprint density at radius 2 is 2.12 bits per heavy atom. The Labute approximate surface area is 141 Å². The van der Waals surface area contributed by atoms with Crippen molar-refractivity contribution in [3.63, 3.8) is 0 Å². The van der Waals surface area contributed by atoms with Gasteiger partial charge in [-0.15, -0.1) is 0 Å². The summed E-state index contributed by atoms with van der Waals surface area (Å²) in [6.45, 7) is 5.99. The van der Waals surface area contributed by atoms with Gasteiger partial charge >= 0.3 is 0 Å². The Balaban J connectivity index is 1.59. The van der Waals surface area contributed by atoms with Crippen molar-refractivity contribution in [1.29, 1.82) is 5.26 Å². The molecule has 5 nitrogen and oxygen atoms in total. The SMILES string of the molecule is CCN1CC2(CCN(Cc3ccc(F)c(C#N)c3)CC2)OCC1=O. The quantitative estimate of drug-likeness (QED) is 0.849. The molecule has 1 spiro atoms. The number of carbonyl (C=O) groups excluding carboxylic acids is 1. The number of ether oxygens (including phenoxy) is 1. The van der Waals surface area contributed by atoms with Gasteiger partial charge in [0.1, 0.15) is 18.5 Å². The zero-order chi connectivity index (χ0) is 17.2. The summed E-state index contributed by atoms with van der Waals surface area (Å²) in [6.07, 6.45) is 1.76. The molecule has 0 aliphatic carbocycles. The van der Waals surface area contributed by atoms with Gasteiger partial charge in [-0.25, -0.2) is 4.39 Å². The van der Waals surface area contributed by atoms with Crippen molar-refractivity contribution in [3.05, 3.63) is 35.1 Å². The summed E-state index contributed by atoms with van der Waals surface area (Å²) >= 11 is 0. The third-order valence-electron chi connectivity index (χ3n) is 5.04. The predicted octanol–water partition coefficient (Wildman–Crippen LogP) is 1.91. The zero-order valence-corrected chi connectivity index (χ0v) is 13.9. The van der Waals surface area contributed by atoms with Gasteiger partial charge in [-0.2, -0.15) is 5.26 Å². The lowest BCUT2D eigenvalue weighted by Gasteiger charge is -2.46. The Bertz CT molecular complexity index is 663. The molecule has 1 aromatic carbocycles. The topological polar surface area (TPSA) is 56.6 Å². The Hall–Kier alpha value is -1.97. The zero-order valence-electron chi connectivity index (χ0n) is 13.9. The van der Waals surface area contributed by atoms with Gasteiger partial charge in [-0.1, -0.05) is 6.07 Å². The molecule has 1 amide bonds. The maximum Gasteiger partial charge on any atom is 0.248 e. The molecular weight excluding hydrogens is 309 g/mol. The number of nitriles is 1. The minimum absolute atomic E-state index is 0.0703. The molecule has 0 atom stereocenters. The molecule has 2 heterocycles. The molecule has 0 radical (unpaired) electrons.